The predicted octanol–water partition coefficient (Wildman–Crippen LogP) is 3.89. The number of phenols is 1. The summed E-state index contributed by atoms with van der Waals surface area (Å²) in [6.07, 6.45) is 3.57. The van der Waals surface area contributed by atoms with Crippen molar-refractivity contribution < 1.29 is 24.2 Å². The van der Waals surface area contributed by atoms with Crippen LogP contribution in [0.2, 0.25) is 0 Å². The van der Waals surface area contributed by atoms with Crippen molar-refractivity contribution in [2.24, 2.45) is 0 Å². The van der Waals surface area contributed by atoms with E-state index in [0.29, 0.717) is 17.7 Å². The number of carbonyl (C=O) groups is 3. The average Bonchev–Trinajstić information content (AvgIpc) is 2.75. The van der Waals surface area contributed by atoms with Gasteiger partial charge in [-0.25, -0.2) is 4.79 Å². The maximum Gasteiger partial charge on any atom is 0.408 e. The number of nitrogens with zero attached hydrogens (tertiary/aromatic N) is 1. The van der Waals surface area contributed by atoms with Gasteiger partial charge in [-0.15, -0.1) is 6.58 Å². The number of rotatable bonds is 12. The van der Waals surface area contributed by atoms with Crippen molar-refractivity contribution in [2.75, 3.05) is 18.8 Å². The molecule has 0 aliphatic heterocycles. The Bertz CT molecular complexity index is 853. The van der Waals surface area contributed by atoms with E-state index in [2.05, 4.69) is 36.8 Å². The van der Waals surface area contributed by atoms with Crippen LogP contribution in [0.25, 0.3) is 0 Å². The Balaban J connectivity index is 3.30. The van der Waals surface area contributed by atoms with Gasteiger partial charge in [-0.1, -0.05) is 31.9 Å². The number of phenolic OH excluding ortho intramolecular Hbond substituents is 1. The van der Waals surface area contributed by atoms with E-state index in [1.165, 1.54) is 17.0 Å². The van der Waals surface area contributed by atoms with E-state index in [4.69, 9.17) is 4.74 Å². The molecule has 0 spiro atoms. The lowest BCUT2D eigenvalue weighted by Crippen LogP contribution is -2.53. The maximum atomic E-state index is 13.5. The fraction of sp³-hybridized carbons (Fsp3) is 0.560. The SMILES string of the molecule is C=CCN(C(=O)C(CS)NC(=O)OC(C)(C)C)C(C(=O)NCCCCC)c1ccc(O)c(C)c1. The normalized spacial score (nSPS) is 12.9. The van der Waals surface area contributed by atoms with Crippen LogP contribution in [0.3, 0.4) is 0 Å². The number of aromatic hydroxyl groups is 1. The monoisotopic (exact) mass is 493 g/mol. The van der Waals surface area contributed by atoms with Crippen molar-refractivity contribution in [3.05, 3.63) is 42.0 Å². The molecule has 0 aliphatic carbocycles. The van der Waals surface area contributed by atoms with Gasteiger partial charge >= 0.3 is 6.09 Å². The number of carbonyl (C=O) groups excluding carboxylic acids is 3. The Labute approximate surface area is 208 Å². The standard InChI is InChI=1S/C25H39N3O5S/c1-7-9-10-13-26-22(30)21(18-11-12-20(29)17(3)15-18)28(14-8-2)23(31)19(16-34)27-24(32)33-25(4,5)6/h8,11-12,15,19,21,29,34H,2,7,9-10,13-14,16H2,1,3-6H3,(H,26,30)(H,27,32). The summed E-state index contributed by atoms with van der Waals surface area (Å²) in [5.74, 6) is -0.760. The molecule has 0 heterocycles. The molecule has 3 N–H and O–H groups in total. The summed E-state index contributed by atoms with van der Waals surface area (Å²) in [6, 6.07) is 2.76. The van der Waals surface area contributed by atoms with Gasteiger partial charge in [0.1, 0.15) is 23.4 Å². The second-order valence-electron chi connectivity index (χ2n) is 9.11. The number of benzene rings is 1. The number of nitrogens with one attached hydrogen (secondary N) is 2. The minimum atomic E-state index is -1.02. The van der Waals surface area contributed by atoms with Crippen LogP contribution in [-0.2, 0) is 14.3 Å². The lowest BCUT2D eigenvalue weighted by Gasteiger charge is -2.33. The molecule has 0 aliphatic rings. The largest absolute Gasteiger partial charge is 0.508 e. The quantitative estimate of drug-likeness (QED) is 0.201. The smallest absolute Gasteiger partial charge is 0.408 e. The summed E-state index contributed by atoms with van der Waals surface area (Å²) in [6.45, 7) is 13.2. The van der Waals surface area contributed by atoms with Gasteiger partial charge in [0.05, 0.1) is 0 Å². The van der Waals surface area contributed by atoms with E-state index in [-0.39, 0.29) is 24.0 Å². The Morgan fingerprint density at radius 2 is 1.94 bits per heavy atom. The van der Waals surface area contributed by atoms with Gasteiger partial charge < -0.3 is 25.4 Å². The highest BCUT2D eigenvalue weighted by molar-refractivity contribution is 7.80. The summed E-state index contributed by atoms with van der Waals surface area (Å²) in [5.41, 5.74) is 0.373. The van der Waals surface area contributed by atoms with Crippen LogP contribution in [0.1, 0.15) is 64.1 Å². The Hall–Kier alpha value is -2.68. The van der Waals surface area contributed by atoms with E-state index < -0.39 is 29.7 Å². The number of thiol groups is 1. The second-order valence-corrected chi connectivity index (χ2v) is 9.47. The minimum Gasteiger partial charge on any atom is -0.508 e. The Kier molecular flexibility index (Phi) is 12.0. The molecule has 3 amide bonds. The van der Waals surface area contributed by atoms with Crippen LogP contribution in [0.15, 0.2) is 30.9 Å². The van der Waals surface area contributed by atoms with E-state index in [0.717, 1.165) is 19.3 Å². The molecule has 1 aromatic rings. The molecule has 0 aromatic heterocycles. The number of aryl methyl sites for hydroxylation is 1. The van der Waals surface area contributed by atoms with Gasteiger partial charge in [0.15, 0.2) is 0 Å². The van der Waals surface area contributed by atoms with Crippen molar-refractivity contribution >= 4 is 30.5 Å². The van der Waals surface area contributed by atoms with Gasteiger partial charge in [0.25, 0.3) is 0 Å². The molecule has 0 bridgehead atoms. The number of amides is 3. The van der Waals surface area contributed by atoms with Crippen LogP contribution in [0.5, 0.6) is 5.75 Å². The third-order valence-corrected chi connectivity index (χ3v) is 5.32. The molecule has 1 rings (SSSR count). The van der Waals surface area contributed by atoms with E-state index in [1.807, 2.05) is 0 Å². The first-order valence-electron chi connectivity index (χ1n) is 11.5. The molecular weight excluding hydrogens is 454 g/mol. The molecule has 190 valence electrons. The summed E-state index contributed by atoms with van der Waals surface area (Å²) in [7, 11) is 0. The summed E-state index contributed by atoms with van der Waals surface area (Å²) in [4.78, 5) is 40.5. The summed E-state index contributed by atoms with van der Waals surface area (Å²) in [5, 5.41) is 15.4. The fourth-order valence-corrected chi connectivity index (χ4v) is 3.55. The molecule has 8 nitrogen and oxygen atoms in total. The third-order valence-electron chi connectivity index (χ3n) is 4.96. The zero-order chi connectivity index (χ0) is 25.9. The molecule has 2 unspecified atom stereocenters. The zero-order valence-corrected chi connectivity index (χ0v) is 21.8. The van der Waals surface area contributed by atoms with Gasteiger partial charge in [0, 0.05) is 18.8 Å². The molecule has 0 saturated carbocycles. The van der Waals surface area contributed by atoms with Gasteiger partial charge in [-0.3, -0.25) is 9.59 Å². The molecule has 0 saturated heterocycles. The molecule has 0 radical (unpaired) electrons. The number of alkyl carbamates (subject to hydrolysis) is 1. The topological polar surface area (TPSA) is 108 Å². The maximum absolute atomic E-state index is 13.5. The van der Waals surface area contributed by atoms with Crippen molar-refractivity contribution in [2.45, 2.75) is 71.6 Å². The number of hydrogen-bond donors (Lipinski definition) is 4. The fourth-order valence-electron chi connectivity index (χ4n) is 3.30. The first-order chi connectivity index (χ1) is 15.9. The molecule has 2 atom stereocenters. The van der Waals surface area contributed by atoms with Crippen molar-refractivity contribution in [1.29, 1.82) is 0 Å². The van der Waals surface area contributed by atoms with Gasteiger partial charge in [0.2, 0.25) is 11.8 Å². The second kappa shape index (κ2) is 13.9. The summed E-state index contributed by atoms with van der Waals surface area (Å²) >= 11 is 4.24. The van der Waals surface area contributed by atoms with Gasteiger partial charge in [-0.05, 0) is 57.4 Å². The number of unbranched alkanes of at least 4 members (excludes halogenated alkanes) is 2. The van der Waals surface area contributed by atoms with E-state index >= 15 is 0 Å². The lowest BCUT2D eigenvalue weighted by molar-refractivity contribution is -0.141. The highest BCUT2D eigenvalue weighted by Gasteiger charge is 2.35. The summed E-state index contributed by atoms with van der Waals surface area (Å²) < 4.78 is 5.28. The van der Waals surface area contributed by atoms with Crippen LogP contribution in [0.4, 0.5) is 4.79 Å². The minimum absolute atomic E-state index is 0.00512. The molecule has 9 heteroatoms. The van der Waals surface area contributed by atoms with Crippen LogP contribution in [-0.4, -0.2) is 58.4 Å². The van der Waals surface area contributed by atoms with E-state index in [1.54, 1.807) is 39.8 Å². The Morgan fingerprint density at radius 3 is 2.47 bits per heavy atom. The number of ether oxygens (including phenoxy) is 1. The van der Waals surface area contributed by atoms with Crippen LogP contribution in [0, 0.1) is 6.92 Å². The first kappa shape index (κ1) is 29.4. The highest BCUT2D eigenvalue weighted by Crippen LogP contribution is 2.27. The van der Waals surface area contributed by atoms with Crippen LogP contribution >= 0.6 is 12.6 Å². The lowest BCUT2D eigenvalue weighted by atomic mass is 10.00. The van der Waals surface area contributed by atoms with Crippen molar-refractivity contribution in [3.63, 3.8) is 0 Å². The van der Waals surface area contributed by atoms with Crippen molar-refractivity contribution in [1.82, 2.24) is 15.5 Å². The van der Waals surface area contributed by atoms with E-state index in [9.17, 15) is 19.5 Å². The van der Waals surface area contributed by atoms with Gasteiger partial charge in [-0.2, -0.15) is 12.6 Å². The zero-order valence-electron chi connectivity index (χ0n) is 20.9. The van der Waals surface area contributed by atoms with Crippen LogP contribution < -0.4 is 10.6 Å². The molecular formula is C25H39N3O5S. The molecule has 0 fully saturated rings. The molecule has 1 aromatic carbocycles. The first-order valence-corrected chi connectivity index (χ1v) is 12.2. The van der Waals surface area contributed by atoms with Crippen molar-refractivity contribution in [3.8, 4) is 5.75 Å². The third kappa shape index (κ3) is 9.29. The number of hydrogen-bond acceptors (Lipinski definition) is 6. The average molecular weight is 494 g/mol. The highest BCUT2D eigenvalue weighted by atomic mass is 32.1. The molecule has 34 heavy (non-hydrogen) atoms. The predicted molar refractivity (Wildman–Crippen MR) is 137 cm³/mol. The Morgan fingerprint density at radius 1 is 1.26 bits per heavy atom.